The summed E-state index contributed by atoms with van der Waals surface area (Å²) in [5, 5.41) is 0. The number of piperazine rings is 1. The molecule has 1 heterocycles. The average molecular weight is 287 g/mol. The van der Waals surface area contributed by atoms with Gasteiger partial charge in [0.1, 0.15) is 0 Å². The lowest BCUT2D eigenvalue weighted by molar-refractivity contribution is 0.209. The van der Waals surface area contributed by atoms with Gasteiger partial charge in [-0.05, 0) is 44.4 Å². The fourth-order valence-corrected chi connectivity index (χ4v) is 3.80. The van der Waals surface area contributed by atoms with Gasteiger partial charge in [-0.25, -0.2) is 0 Å². The molecule has 1 aliphatic heterocycles. The Kier molecular flexibility index (Phi) is 4.23. The first-order valence-electron chi connectivity index (χ1n) is 8.47. The molecule has 0 atom stereocenters. The highest BCUT2D eigenvalue weighted by Gasteiger charge is 2.31. The Bertz CT molecular complexity index is 452. The molecule has 1 aromatic carbocycles. The Morgan fingerprint density at radius 2 is 1.52 bits per heavy atom. The molecule has 0 spiro atoms. The van der Waals surface area contributed by atoms with Crippen LogP contribution in [0.4, 0.5) is 5.69 Å². The first kappa shape index (κ1) is 14.9. The first-order valence-corrected chi connectivity index (χ1v) is 8.47. The van der Waals surface area contributed by atoms with Crippen molar-refractivity contribution in [3.8, 4) is 0 Å². The van der Waals surface area contributed by atoms with E-state index in [2.05, 4.69) is 47.9 Å². The summed E-state index contributed by atoms with van der Waals surface area (Å²) in [4.78, 5) is 5.05. The molecule has 0 unspecified atom stereocenters. The first-order chi connectivity index (χ1) is 10.1. The number of hydrogen-bond acceptors (Lipinski definition) is 3. The topological polar surface area (TPSA) is 32.5 Å². The molecule has 1 aromatic rings. The van der Waals surface area contributed by atoms with Gasteiger partial charge in [0.2, 0.25) is 0 Å². The van der Waals surface area contributed by atoms with Crippen LogP contribution in [0.25, 0.3) is 0 Å². The van der Waals surface area contributed by atoms with Crippen molar-refractivity contribution < 1.29 is 0 Å². The number of hydrogen-bond donors (Lipinski definition) is 1. The zero-order chi connectivity index (χ0) is 14.9. The lowest BCUT2D eigenvalue weighted by Crippen LogP contribution is -2.48. The number of nitrogens with two attached hydrogens (primary N) is 1. The van der Waals surface area contributed by atoms with E-state index < -0.39 is 0 Å². The molecule has 2 N–H and O–H groups in total. The van der Waals surface area contributed by atoms with Crippen molar-refractivity contribution in [3.05, 3.63) is 29.8 Å². The smallest absolute Gasteiger partial charge is 0.0409 e. The predicted octanol–water partition coefficient (Wildman–Crippen LogP) is 2.95. The molecule has 0 bridgehead atoms. The zero-order valence-electron chi connectivity index (χ0n) is 13.5. The van der Waals surface area contributed by atoms with Gasteiger partial charge in [0.25, 0.3) is 0 Å². The Hall–Kier alpha value is -1.06. The third-order valence-electron chi connectivity index (χ3n) is 5.35. The number of anilines is 1. The minimum Gasteiger partial charge on any atom is -0.369 e. The van der Waals surface area contributed by atoms with Crippen LogP contribution in [0.3, 0.4) is 0 Å². The quantitative estimate of drug-likeness (QED) is 0.927. The summed E-state index contributed by atoms with van der Waals surface area (Å²) in [6, 6.07) is 9.72. The molecular weight excluding hydrogens is 258 g/mol. The third kappa shape index (κ3) is 3.09. The summed E-state index contributed by atoms with van der Waals surface area (Å²) < 4.78 is 0. The van der Waals surface area contributed by atoms with Gasteiger partial charge in [-0.2, -0.15) is 0 Å². The number of rotatable bonds is 3. The van der Waals surface area contributed by atoms with E-state index >= 15 is 0 Å². The Morgan fingerprint density at radius 1 is 0.952 bits per heavy atom. The molecular formula is C18H29N3. The second kappa shape index (κ2) is 5.98. The Balaban J connectivity index is 1.65. The fourth-order valence-electron chi connectivity index (χ4n) is 3.80. The molecule has 116 valence electrons. The largest absolute Gasteiger partial charge is 0.369 e. The van der Waals surface area contributed by atoms with Crippen molar-refractivity contribution >= 4 is 5.69 Å². The van der Waals surface area contributed by atoms with Gasteiger partial charge >= 0.3 is 0 Å². The predicted molar refractivity (Wildman–Crippen MR) is 89.7 cm³/mol. The van der Waals surface area contributed by atoms with Crippen LogP contribution >= 0.6 is 0 Å². The van der Waals surface area contributed by atoms with Gasteiger partial charge in [0.15, 0.2) is 0 Å². The standard InChI is InChI=1S/C18H29N3/c1-15(2)20-11-13-21(14-12-20)17-7-5-16(6-8-17)18(19)9-3-4-10-18/h5-8,15H,3-4,9-14,19H2,1-2H3. The minimum absolute atomic E-state index is 0.0606. The Morgan fingerprint density at radius 3 is 2.05 bits per heavy atom. The molecule has 2 fully saturated rings. The van der Waals surface area contributed by atoms with Crippen molar-refractivity contribution in [2.24, 2.45) is 5.73 Å². The van der Waals surface area contributed by atoms with Crippen LogP contribution in [-0.4, -0.2) is 37.1 Å². The summed E-state index contributed by atoms with van der Waals surface area (Å²) >= 11 is 0. The van der Waals surface area contributed by atoms with E-state index in [1.807, 2.05) is 0 Å². The molecule has 3 nitrogen and oxygen atoms in total. The van der Waals surface area contributed by atoms with Crippen LogP contribution in [-0.2, 0) is 5.54 Å². The van der Waals surface area contributed by atoms with Gasteiger partial charge < -0.3 is 10.6 Å². The van der Waals surface area contributed by atoms with E-state index in [1.165, 1.54) is 37.2 Å². The maximum atomic E-state index is 6.54. The van der Waals surface area contributed by atoms with Crippen LogP contribution in [0.2, 0.25) is 0 Å². The highest BCUT2D eigenvalue weighted by molar-refractivity contribution is 5.49. The summed E-state index contributed by atoms with van der Waals surface area (Å²) in [7, 11) is 0. The van der Waals surface area contributed by atoms with Crippen LogP contribution < -0.4 is 10.6 Å². The summed E-state index contributed by atoms with van der Waals surface area (Å²) in [5.41, 5.74) is 9.15. The Labute approximate surface area is 129 Å². The molecule has 2 aliphatic rings. The second-order valence-electron chi connectivity index (χ2n) is 7.03. The van der Waals surface area contributed by atoms with Crippen molar-refractivity contribution in [1.29, 1.82) is 0 Å². The van der Waals surface area contributed by atoms with E-state index in [0.29, 0.717) is 6.04 Å². The molecule has 0 aromatic heterocycles. The summed E-state index contributed by atoms with van der Waals surface area (Å²) in [6.45, 7) is 9.16. The van der Waals surface area contributed by atoms with E-state index in [0.717, 1.165) is 25.9 Å². The van der Waals surface area contributed by atoms with E-state index in [1.54, 1.807) is 0 Å². The van der Waals surface area contributed by atoms with Crippen LogP contribution in [0.5, 0.6) is 0 Å². The molecule has 1 saturated heterocycles. The molecule has 21 heavy (non-hydrogen) atoms. The molecule has 1 aliphatic carbocycles. The average Bonchev–Trinajstić information content (AvgIpc) is 2.96. The SMILES string of the molecule is CC(C)N1CCN(c2ccc(C3(N)CCCC3)cc2)CC1. The summed E-state index contributed by atoms with van der Waals surface area (Å²) in [5.74, 6) is 0. The maximum absolute atomic E-state index is 6.54. The number of benzene rings is 1. The molecule has 0 amide bonds. The molecule has 1 saturated carbocycles. The van der Waals surface area contributed by atoms with Gasteiger partial charge in [-0.3, -0.25) is 4.90 Å². The number of nitrogens with zero attached hydrogens (tertiary/aromatic N) is 2. The lowest BCUT2D eigenvalue weighted by Gasteiger charge is -2.38. The minimum atomic E-state index is -0.0606. The highest BCUT2D eigenvalue weighted by atomic mass is 15.3. The van der Waals surface area contributed by atoms with Gasteiger partial charge in [0.05, 0.1) is 0 Å². The van der Waals surface area contributed by atoms with Crippen LogP contribution in [0.15, 0.2) is 24.3 Å². The highest BCUT2D eigenvalue weighted by Crippen LogP contribution is 2.36. The maximum Gasteiger partial charge on any atom is 0.0409 e. The molecule has 0 radical (unpaired) electrons. The van der Waals surface area contributed by atoms with Crippen molar-refractivity contribution in [2.45, 2.75) is 51.1 Å². The van der Waals surface area contributed by atoms with Gasteiger partial charge in [0, 0.05) is 43.4 Å². The monoisotopic (exact) mass is 287 g/mol. The normalized spacial score (nSPS) is 23.0. The van der Waals surface area contributed by atoms with Crippen LogP contribution in [0, 0.1) is 0 Å². The van der Waals surface area contributed by atoms with E-state index in [-0.39, 0.29) is 5.54 Å². The van der Waals surface area contributed by atoms with Crippen molar-refractivity contribution in [2.75, 3.05) is 31.1 Å². The lowest BCUT2D eigenvalue weighted by atomic mass is 9.89. The van der Waals surface area contributed by atoms with E-state index in [4.69, 9.17) is 5.73 Å². The van der Waals surface area contributed by atoms with Crippen molar-refractivity contribution in [3.63, 3.8) is 0 Å². The van der Waals surface area contributed by atoms with Gasteiger partial charge in [-0.15, -0.1) is 0 Å². The van der Waals surface area contributed by atoms with E-state index in [9.17, 15) is 0 Å². The molecule has 3 heteroatoms. The van der Waals surface area contributed by atoms with Crippen molar-refractivity contribution in [1.82, 2.24) is 4.90 Å². The zero-order valence-corrected chi connectivity index (χ0v) is 13.5. The fraction of sp³-hybridized carbons (Fsp3) is 0.667. The van der Waals surface area contributed by atoms with Gasteiger partial charge in [-0.1, -0.05) is 25.0 Å². The third-order valence-corrected chi connectivity index (χ3v) is 5.35. The van der Waals surface area contributed by atoms with Crippen LogP contribution in [0.1, 0.15) is 45.1 Å². The molecule has 3 rings (SSSR count). The second-order valence-corrected chi connectivity index (χ2v) is 7.03. The summed E-state index contributed by atoms with van der Waals surface area (Å²) in [6.07, 6.45) is 4.82.